The van der Waals surface area contributed by atoms with Gasteiger partial charge in [0.05, 0.1) is 17.6 Å². The number of pyridine rings is 3. The van der Waals surface area contributed by atoms with Crippen molar-refractivity contribution in [2.75, 3.05) is 5.32 Å². The van der Waals surface area contributed by atoms with Crippen LogP contribution in [0, 0.1) is 5.82 Å². The number of nitrogens with zero attached hydrogens (tertiary/aromatic N) is 3. The van der Waals surface area contributed by atoms with Gasteiger partial charge in [0.2, 0.25) is 0 Å². The van der Waals surface area contributed by atoms with E-state index in [2.05, 4.69) is 20.3 Å². The fourth-order valence-electron chi connectivity index (χ4n) is 1.74. The van der Waals surface area contributed by atoms with Gasteiger partial charge in [0.25, 0.3) is 0 Å². The minimum Gasteiger partial charge on any atom is -0.325 e. The van der Waals surface area contributed by atoms with E-state index in [9.17, 15) is 4.39 Å². The van der Waals surface area contributed by atoms with Crippen molar-refractivity contribution in [1.82, 2.24) is 15.0 Å². The lowest BCUT2D eigenvalue weighted by Gasteiger charge is -2.06. The van der Waals surface area contributed by atoms with E-state index in [0.717, 1.165) is 17.6 Å². The molecule has 4 nitrogen and oxygen atoms in total. The normalized spacial score (nSPS) is 10.2. The molecule has 3 rings (SSSR count). The van der Waals surface area contributed by atoms with E-state index in [1.54, 1.807) is 12.3 Å². The Bertz CT molecular complexity index is 699. The number of hydrogen-bond acceptors (Lipinski definition) is 4. The van der Waals surface area contributed by atoms with Gasteiger partial charge in [0.1, 0.15) is 17.5 Å². The van der Waals surface area contributed by atoms with Crippen LogP contribution in [0.3, 0.4) is 0 Å². The molecule has 0 fully saturated rings. The third kappa shape index (κ3) is 2.77. The van der Waals surface area contributed by atoms with Crippen LogP contribution in [0.5, 0.6) is 0 Å². The van der Waals surface area contributed by atoms with Crippen molar-refractivity contribution in [2.24, 2.45) is 0 Å². The molecule has 3 heterocycles. The number of aromatic nitrogens is 3. The highest BCUT2D eigenvalue weighted by atomic mass is 19.1. The van der Waals surface area contributed by atoms with Crippen molar-refractivity contribution in [2.45, 2.75) is 0 Å². The first kappa shape index (κ1) is 12.2. The van der Waals surface area contributed by atoms with Crippen molar-refractivity contribution in [3.05, 3.63) is 66.7 Å². The highest BCUT2D eigenvalue weighted by Gasteiger charge is 2.02. The molecule has 98 valence electrons. The van der Waals surface area contributed by atoms with Crippen LogP contribution in [0.1, 0.15) is 0 Å². The Kier molecular flexibility index (Phi) is 3.33. The number of nitrogens with one attached hydrogen (secondary N) is 1. The number of hydrogen-bond donors (Lipinski definition) is 1. The molecular weight excluding hydrogens is 255 g/mol. The largest absolute Gasteiger partial charge is 0.325 e. The summed E-state index contributed by atoms with van der Waals surface area (Å²) in [6.45, 7) is 0. The summed E-state index contributed by atoms with van der Waals surface area (Å²) in [7, 11) is 0. The molecule has 1 N–H and O–H groups in total. The van der Waals surface area contributed by atoms with Gasteiger partial charge in [-0.2, -0.15) is 0 Å². The molecule has 20 heavy (non-hydrogen) atoms. The molecule has 0 saturated carbocycles. The quantitative estimate of drug-likeness (QED) is 0.789. The maximum absolute atomic E-state index is 12.8. The Balaban J connectivity index is 1.86. The summed E-state index contributed by atoms with van der Waals surface area (Å²) in [6, 6.07) is 14.1. The van der Waals surface area contributed by atoms with Crippen molar-refractivity contribution in [3.8, 4) is 11.4 Å². The van der Waals surface area contributed by atoms with Crippen LogP contribution in [0.4, 0.5) is 16.0 Å². The van der Waals surface area contributed by atoms with Gasteiger partial charge < -0.3 is 5.32 Å². The second-order valence-electron chi connectivity index (χ2n) is 4.11. The third-order valence-corrected chi connectivity index (χ3v) is 2.66. The zero-order valence-corrected chi connectivity index (χ0v) is 10.5. The second-order valence-corrected chi connectivity index (χ2v) is 4.11. The van der Waals surface area contributed by atoms with Gasteiger partial charge in [-0.1, -0.05) is 12.1 Å². The topological polar surface area (TPSA) is 50.7 Å². The molecule has 0 atom stereocenters. The van der Waals surface area contributed by atoms with E-state index >= 15 is 0 Å². The molecule has 3 aromatic heterocycles. The Labute approximate surface area is 115 Å². The molecule has 0 aliphatic heterocycles. The van der Waals surface area contributed by atoms with Crippen molar-refractivity contribution in [3.63, 3.8) is 0 Å². The lowest BCUT2D eigenvalue weighted by Crippen LogP contribution is -1.97. The maximum Gasteiger partial charge on any atom is 0.141 e. The van der Waals surface area contributed by atoms with Gasteiger partial charge >= 0.3 is 0 Å². The molecular formula is C15H11FN4. The third-order valence-electron chi connectivity index (χ3n) is 2.66. The summed E-state index contributed by atoms with van der Waals surface area (Å²) in [6.07, 6.45) is 2.88. The van der Waals surface area contributed by atoms with Crippen molar-refractivity contribution in [1.29, 1.82) is 0 Å². The Morgan fingerprint density at radius 2 is 1.70 bits per heavy atom. The minimum atomic E-state index is -0.370. The van der Waals surface area contributed by atoms with Crippen LogP contribution in [0.15, 0.2) is 60.9 Å². The number of rotatable bonds is 3. The first-order valence-electron chi connectivity index (χ1n) is 6.08. The van der Waals surface area contributed by atoms with E-state index in [1.165, 1.54) is 6.07 Å². The molecule has 3 aromatic rings. The van der Waals surface area contributed by atoms with Crippen LogP contribution < -0.4 is 5.32 Å². The summed E-state index contributed by atoms with van der Waals surface area (Å²) in [5, 5.41) is 3.02. The molecule has 5 heteroatoms. The van der Waals surface area contributed by atoms with E-state index in [1.807, 2.05) is 36.4 Å². The molecule has 0 aliphatic carbocycles. The molecule has 0 unspecified atom stereocenters. The van der Waals surface area contributed by atoms with Crippen LogP contribution in [-0.4, -0.2) is 15.0 Å². The summed E-state index contributed by atoms with van der Waals surface area (Å²) < 4.78 is 12.8. The average Bonchev–Trinajstić information content (AvgIpc) is 2.51. The van der Waals surface area contributed by atoms with E-state index in [4.69, 9.17) is 0 Å². The zero-order chi connectivity index (χ0) is 13.8. The molecule has 0 aromatic carbocycles. The van der Waals surface area contributed by atoms with Gasteiger partial charge in [0, 0.05) is 6.20 Å². The van der Waals surface area contributed by atoms with Crippen LogP contribution >= 0.6 is 0 Å². The molecule has 0 amide bonds. The standard InChI is InChI=1S/C15H11FN4/c16-11-7-8-14(18-10-11)20-15-6-3-5-13(19-15)12-4-1-2-9-17-12/h1-10H,(H,18,19,20). The highest BCUT2D eigenvalue weighted by Crippen LogP contribution is 2.18. The lowest BCUT2D eigenvalue weighted by atomic mass is 10.2. The SMILES string of the molecule is Fc1ccc(Nc2cccc(-c3ccccn3)n2)nc1. The van der Waals surface area contributed by atoms with Crippen molar-refractivity contribution >= 4 is 11.6 Å². The van der Waals surface area contributed by atoms with Crippen molar-refractivity contribution < 1.29 is 4.39 Å². The predicted octanol–water partition coefficient (Wildman–Crippen LogP) is 3.42. The number of halogens is 1. The van der Waals surface area contributed by atoms with Crippen LogP contribution in [-0.2, 0) is 0 Å². The van der Waals surface area contributed by atoms with Gasteiger partial charge in [0.15, 0.2) is 0 Å². The predicted molar refractivity (Wildman–Crippen MR) is 74.9 cm³/mol. The Morgan fingerprint density at radius 3 is 2.45 bits per heavy atom. The first-order valence-corrected chi connectivity index (χ1v) is 6.08. The first-order chi connectivity index (χ1) is 9.81. The monoisotopic (exact) mass is 266 g/mol. The van der Waals surface area contributed by atoms with E-state index < -0.39 is 0 Å². The second kappa shape index (κ2) is 5.44. The number of anilines is 2. The molecule has 0 bridgehead atoms. The fraction of sp³-hybridized carbons (Fsp3) is 0. The summed E-state index contributed by atoms with van der Waals surface area (Å²) in [4.78, 5) is 12.6. The van der Waals surface area contributed by atoms with Gasteiger partial charge in [-0.05, 0) is 36.4 Å². The fourth-order valence-corrected chi connectivity index (χ4v) is 1.74. The molecule has 0 radical (unpaired) electrons. The van der Waals surface area contributed by atoms with Crippen LogP contribution in [0.25, 0.3) is 11.4 Å². The van der Waals surface area contributed by atoms with Gasteiger partial charge in [-0.3, -0.25) is 4.98 Å². The lowest BCUT2D eigenvalue weighted by molar-refractivity contribution is 0.622. The Morgan fingerprint density at radius 1 is 0.800 bits per heavy atom. The maximum atomic E-state index is 12.8. The van der Waals surface area contributed by atoms with Crippen LogP contribution in [0.2, 0.25) is 0 Å². The summed E-state index contributed by atoms with van der Waals surface area (Å²) >= 11 is 0. The summed E-state index contributed by atoms with van der Waals surface area (Å²) in [5.74, 6) is 0.801. The van der Waals surface area contributed by atoms with Gasteiger partial charge in [-0.25, -0.2) is 14.4 Å². The minimum absolute atomic E-state index is 0.370. The molecule has 0 spiro atoms. The smallest absolute Gasteiger partial charge is 0.141 e. The van der Waals surface area contributed by atoms with Gasteiger partial charge in [-0.15, -0.1) is 0 Å². The average molecular weight is 266 g/mol. The Hall–Kier alpha value is -2.82. The zero-order valence-electron chi connectivity index (χ0n) is 10.5. The molecule has 0 aliphatic rings. The van der Waals surface area contributed by atoms with E-state index in [0.29, 0.717) is 11.6 Å². The molecule has 0 saturated heterocycles. The van der Waals surface area contributed by atoms with E-state index in [-0.39, 0.29) is 5.82 Å². The highest BCUT2D eigenvalue weighted by molar-refractivity contribution is 5.59. The summed E-state index contributed by atoms with van der Waals surface area (Å²) in [5.41, 5.74) is 1.56.